The molecular formula is C23H30N6O3. The second-order valence-corrected chi connectivity index (χ2v) is 8.42. The molecule has 1 amide bonds. The van der Waals surface area contributed by atoms with Gasteiger partial charge in [-0.2, -0.15) is 5.90 Å². The van der Waals surface area contributed by atoms with Crippen LogP contribution in [-0.2, 0) is 14.4 Å². The molecule has 32 heavy (non-hydrogen) atoms. The highest BCUT2D eigenvalue weighted by molar-refractivity contribution is 6.38. The van der Waals surface area contributed by atoms with Gasteiger partial charge in [0.05, 0.1) is 12.1 Å². The second-order valence-electron chi connectivity index (χ2n) is 8.42. The summed E-state index contributed by atoms with van der Waals surface area (Å²) in [6, 6.07) is 7.81. The minimum Gasteiger partial charge on any atom is -0.389 e. The molecule has 0 radical (unpaired) electrons. The number of carbonyl (C=O) groups is 1. The number of aromatic amines is 1. The van der Waals surface area contributed by atoms with E-state index < -0.39 is 0 Å². The van der Waals surface area contributed by atoms with Gasteiger partial charge in [-0.1, -0.05) is 12.6 Å². The third-order valence-corrected chi connectivity index (χ3v) is 5.83. The summed E-state index contributed by atoms with van der Waals surface area (Å²) in [5, 5.41) is 7.22. The molecule has 4 rings (SSSR count). The Kier molecular flexibility index (Phi) is 6.57. The smallest absolute Gasteiger partial charge is 0.286 e. The maximum Gasteiger partial charge on any atom is 0.286 e. The van der Waals surface area contributed by atoms with E-state index in [1.165, 1.54) is 0 Å². The number of carbonyl (C=O) groups excluding carboxylic acids is 1. The zero-order chi connectivity index (χ0) is 22.7. The number of benzene rings is 1. The van der Waals surface area contributed by atoms with Gasteiger partial charge in [0.1, 0.15) is 5.69 Å². The van der Waals surface area contributed by atoms with Gasteiger partial charge in [-0.15, -0.1) is 0 Å². The van der Waals surface area contributed by atoms with Crippen molar-refractivity contribution in [2.75, 3.05) is 19.8 Å². The van der Waals surface area contributed by atoms with Crippen molar-refractivity contribution in [1.82, 2.24) is 15.6 Å². The van der Waals surface area contributed by atoms with E-state index in [-0.39, 0.29) is 23.9 Å². The average Bonchev–Trinajstić information content (AvgIpc) is 3.39. The molecule has 1 fully saturated rings. The van der Waals surface area contributed by atoms with Crippen LogP contribution in [0.5, 0.6) is 0 Å². The first-order chi connectivity index (χ1) is 15.4. The molecule has 170 valence electrons. The lowest BCUT2D eigenvalue weighted by molar-refractivity contribution is -0.115. The Morgan fingerprint density at radius 1 is 1.38 bits per heavy atom. The van der Waals surface area contributed by atoms with E-state index in [0.717, 1.165) is 42.5 Å². The van der Waals surface area contributed by atoms with E-state index in [2.05, 4.69) is 38.2 Å². The normalized spacial score (nSPS) is 21.8. The Bertz CT molecular complexity index is 1070. The minimum atomic E-state index is -0.157. The monoisotopic (exact) mass is 438 g/mol. The number of hydrogen-bond acceptors (Lipinski definition) is 7. The van der Waals surface area contributed by atoms with Crippen molar-refractivity contribution < 1.29 is 14.4 Å². The SMILES string of the molecule is C=C(C)/N=C(\ON)c1cc2cc(C3N=C(C(=O)NCC4CCOCC4)NC3C)ccc2[nH]1. The molecule has 2 atom stereocenters. The average molecular weight is 439 g/mol. The standard InChI is InChI=1S/C23H30N6O3/c1-13(2)26-23(32-24)19-11-17-10-16(4-5-18(17)28-19)20-14(3)27-21(29-20)22(30)25-12-15-6-8-31-9-7-15/h4-5,10-11,14-15,20,28H,1,6-9,12,24H2,2-3H3,(H,25,30)(H,27,29)/b26-23-. The summed E-state index contributed by atoms with van der Waals surface area (Å²) < 4.78 is 5.38. The first kappa shape index (κ1) is 22.0. The molecule has 0 bridgehead atoms. The number of ether oxygens (including phenoxy) is 1. The van der Waals surface area contributed by atoms with Gasteiger partial charge in [0.25, 0.3) is 11.8 Å². The molecule has 5 N–H and O–H groups in total. The maximum atomic E-state index is 12.6. The highest BCUT2D eigenvalue weighted by Crippen LogP contribution is 2.29. The van der Waals surface area contributed by atoms with Gasteiger partial charge in [0.15, 0.2) is 5.84 Å². The number of nitrogens with two attached hydrogens (primary N) is 1. The summed E-state index contributed by atoms with van der Waals surface area (Å²) in [5.74, 6) is 6.34. The van der Waals surface area contributed by atoms with Crippen molar-refractivity contribution in [3.05, 3.63) is 47.8 Å². The number of nitrogens with zero attached hydrogens (tertiary/aromatic N) is 2. The van der Waals surface area contributed by atoms with Gasteiger partial charge in [0, 0.05) is 36.4 Å². The number of nitrogens with one attached hydrogen (secondary N) is 3. The fourth-order valence-electron chi connectivity index (χ4n) is 4.12. The second kappa shape index (κ2) is 9.54. The molecule has 9 nitrogen and oxygen atoms in total. The molecule has 0 saturated carbocycles. The molecule has 1 saturated heterocycles. The molecule has 1 aromatic carbocycles. The van der Waals surface area contributed by atoms with Crippen molar-refractivity contribution >= 4 is 28.5 Å². The summed E-state index contributed by atoms with van der Waals surface area (Å²) in [5.41, 5.74) is 3.19. The Hall–Kier alpha value is -3.17. The number of H-pyrrole nitrogens is 1. The number of aromatic nitrogens is 1. The fourth-order valence-corrected chi connectivity index (χ4v) is 4.12. The van der Waals surface area contributed by atoms with Crippen LogP contribution in [0.4, 0.5) is 0 Å². The largest absolute Gasteiger partial charge is 0.389 e. The summed E-state index contributed by atoms with van der Waals surface area (Å²) in [4.78, 5) is 29.7. The van der Waals surface area contributed by atoms with E-state index in [9.17, 15) is 4.79 Å². The molecule has 0 spiro atoms. The zero-order valence-electron chi connectivity index (χ0n) is 18.5. The highest BCUT2D eigenvalue weighted by atomic mass is 16.6. The van der Waals surface area contributed by atoms with Crippen molar-refractivity contribution in [3.8, 4) is 0 Å². The summed E-state index contributed by atoms with van der Waals surface area (Å²) in [6.45, 7) is 9.73. The summed E-state index contributed by atoms with van der Waals surface area (Å²) in [6.07, 6.45) is 1.96. The van der Waals surface area contributed by atoms with Gasteiger partial charge in [0.2, 0.25) is 0 Å². The summed E-state index contributed by atoms with van der Waals surface area (Å²) in [7, 11) is 0. The molecule has 0 aliphatic carbocycles. The van der Waals surface area contributed by atoms with Crippen molar-refractivity contribution in [3.63, 3.8) is 0 Å². The number of amidine groups is 1. The molecular weight excluding hydrogens is 408 g/mol. The molecule has 2 aromatic rings. The van der Waals surface area contributed by atoms with E-state index in [1.807, 2.05) is 25.1 Å². The van der Waals surface area contributed by atoms with Crippen LogP contribution in [-0.4, -0.2) is 48.4 Å². The molecule has 2 aliphatic rings. The Labute approximate surface area is 187 Å². The lowest BCUT2D eigenvalue weighted by Crippen LogP contribution is -2.42. The van der Waals surface area contributed by atoms with Crippen LogP contribution in [0.15, 0.2) is 46.5 Å². The van der Waals surface area contributed by atoms with Gasteiger partial charge >= 0.3 is 0 Å². The highest BCUT2D eigenvalue weighted by Gasteiger charge is 2.30. The van der Waals surface area contributed by atoms with Gasteiger partial charge < -0.3 is 25.2 Å². The third-order valence-electron chi connectivity index (χ3n) is 5.83. The predicted molar refractivity (Wildman–Crippen MR) is 124 cm³/mol. The molecule has 2 aliphatic heterocycles. The molecule has 1 aromatic heterocycles. The van der Waals surface area contributed by atoms with Crippen LogP contribution >= 0.6 is 0 Å². The van der Waals surface area contributed by atoms with Crippen molar-refractivity contribution in [1.29, 1.82) is 0 Å². The zero-order valence-corrected chi connectivity index (χ0v) is 18.5. The fraction of sp³-hybridized carbons (Fsp3) is 0.435. The van der Waals surface area contributed by atoms with Crippen LogP contribution in [0.3, 0.4) is 0 Å². The van der Waals surface area contributed by atoms with E-state index in [1.54, 1.807) is 6.92 Å². The number of amides is 1. The molecule has 2 unspecified atom stereocenters. The predicted octanol–water partition coefficient (Wildman–Crippen LogP) is 2.31. The van der Waals surface area contributed by atoms with Crippen LogP contribution in [0.25, 0.3) is 10.9 Å². The van der Waals surface area contributed by atoms with E-state index in [0.29, 0.717) is 29.7 Å². The Balaban J connectivity index is 1.49. The first-order valence-corrected chi connectivity index (χ1v) is 10.9. The van der Waals surface area contributed by atoms with Crippen molar-refractivity contribution in [2.45, 2.75) is 38.8 Å². The Morgan fingerprint density at radius 3 is 2.88 bits per heavy atom. The quantitative estimate of drug-likeness (QED) is 0.313. The maximum absolute atomic E-state index is 12.6. The number of hydrogen-bond donors (Lipinski definition) is 4. The third kappa shape index (κ3) is 4.84. The van der Waals surface area contributed by atoms with Crippen LogP contribution in [0, 0.1) is 5.92 Å². The molecule has 9 heteroatoms. The van der Waals surface area contributed by atoms with Gasteiger partial charge in [-0.25, -0.2) is 4.99 Å². The van der Waals surface area contributed by atoms with E-state index in [4.69, 9.17) is 15.5 Å². The summed E-state index contributed by atoms with van der Waals surface area (Å²) >= 11 is 0. The number of rotatable bonds is 6. The lowest BCUT2D eigenvalue weighted by Gasteiger charge is -2.22. The van der Waals surface area contributed by atoms with Crippen molar-refractivity contribution in [2.24, 2.45) is 21.8 Å². The topological polar surface area (TPSA) is 126 Å². The van der Waals surface area contributed by atoms with Crippen LogP contribution < -0.4 is 16.5 Å². The lowest BCUT2D eigenvalue weighted by atomic mass is 10.0. The van der Waals surface area contributed by atoms with E-state index >= 15 is 0 Å². The first-order valence-electron chi connectivity index (χ1n) is 10.9. The minimum absolute atomic E-state index is 0.00241. The Morgan fingerprint density at radius 2 is 2.16 bits per heavy atom. The number of aliphatic imine (C=N–C) groups is 2. The number of allylic oxidation sites excluding steroid dienone is 1. The number of fused-ring (bicyclic) bond motifs is 1. The van der Waals surface area contributed by atoms with Gasteiger partial charge in [-0.3, -0.25) is 9.79 Å². The van der Waals surface area contributed by atoms with Gasteiger partial charge in [-0.05, 0) is 56.4 Å². The van der Waals surface area contributed by atoms with Crippen LogP contribution in [0.2, 0.25) is 0 Å². The van der Waals surface area contributed by atoms with Crippen LogP contribution in [0.1, 0.15) is 44.0 Å². The molecule has 3 heterocycles.